The molecular weight excluding hydrogens is 390 g/mol. The molecule has 0 atom stereocenters. The summed E-state index contributed by atoms with van der Waals surface area (Å²) >= 11 is 0.226. The van der Waals surface area contributed by atoms with Gasteiger partial charge in [-0.2, -0.15) is 8.78 Å². The van der Waals surface area contributed by atoms with Gasteiger partial charge in [-0.3, -0.25) is 9.59 Å². The molecule has 28 heavy (non-hydrogen) atoms. The molecule has 0 aliphatic carbocycles. The summed E-state index contributed by atoms with van der Waals surface area (Å²) in [4.78, 5) is 36.0. The average molecular weight is 408 g/mol. The molecule has 2 amide bonds. The van der Waals surface area contributed by atoms with E-state index in [0.29, 0.717) is 17.8 Å². The quantitative estimate of drug-likeness (QED) is 0.516. The minimum Gasteiger partial charge on any atom is -0.452 e. The highest BCUT2D eigenvalue weighted by molar-refractivity contribution is 7.99. The smallest absolute Gasteiger partial charge is 0.339 e. The molecule has 0 heterocycles. The van der Waals surface area contributed by atoms with Crippen molar-refractivity contribution < 1.29 is 27.9 Å². The molecule has 0 unspecified atom stereocenters. The third-order valence-electron chi connectivity index (χ3n) is 3.40. The predicted octanol–water partition coefficient (Wildman–Crippen LogP) is 3.55. The van der Waals surface area contributed by atoms with Crippen molar-refractivity contribution in [2.75, 3.05) is 18.5 Å². The van der Waals surface area contributed by atoms with Gasteiger partial charge in [-0.25, -0.2) is 4.79 Å². The summed E-state index contributed by atoms with van der Waals surface area (Å²) in [6.45, 7) is 1.66. The molecule has 6 nitrogen and oxygen atoms in total. The number of carbonyl (C=O) groups excluding carboxylic acids is 3. The number of amides is 2. The Kier molecular flexibility index (Phi) is 7.94. The van der Waals surface area contributed by atoms with Crippen LogP contribution in [0.15, 0.2) is 53.4 Å². The number of thioether (sulfide) groups is 1. The van der Waals surface area contributed by atoms with Gasteiger partial charge in [0.25, 0.3) is 17.6 Å². The molecule has 2 aromatic rings. The molecule has 2 rings (SSSR count). The Hall–Kier alpha value is -2.94. The summed E-state index contributed by atoms with van der Waals surface area (Å²) in [7, 11) is 0. The SMILES string of the molecule is CCNC(=O)c1cccc(NC(=O)COC(=O)c2ccccc2SC(F)F)c1. The fourth-order valence-corrected chi connectivity index (χ4v) is 2.87. The summed E-state index contributed by atoms with van der Waals surface area (Å²) in [5, 5.41) is 5.15. The van der Waals surface area contributed by atoms with Crippen molar-refractivity contribution in [2.45, 2.75) is 17.6 Å². The van der Waals surface area contributed by atoms with E-state index in [0.717, 1.165) is 0 Å². The average Bonchev–Trinajstić information content (AvgIpc) is 2.66. The van der Waals surface area contributed by atoms with Crippen LogP contribution in [0.2, 0.25) is 0 Å². The Labute approximate surface area is 164 Å². The van der Waals surface area contributed by atoms with Crippen LogP contribution in [-0.4, -0.2) is 36.7 Å². The van der Waals surface area contributed by atoms with Crippen LogP contribution in [0, 0.1) is 0 Å². The van der Waals surface area contributed by atoms with Gasteiger partial charge in [-0.15, -0.1) is 0 Å². The zero-order valence-corrected chi connectivity index (χ0v) is 15.7. The number of benzene rings is 2. The normalized spacial score (nSPS) is 10.4. The number of alkyl halides is 2. The molecule has 2 N–H and O–H groups in total. The van der Waals surface area contributed by atoms with Gasteiger partial charge in [-0.05, 0) is 37.3 Å². The van der Waals surface area contributed by atoms with E-state index in [4.69, 9.17) is 4.74 Å². The van der Waals surface area contributed by atoms with Crippen LogP contribution in [0.4, 0.5) is 14.5 Å². The summed E-state index contributed by atoms with van der Waals surface area (Å²) < 4.78 is 30.1. The number of hydrogen-bond acceptors (Lipinski definition) is 5. The van der Waals surface area contributed by atoms with Crippen molar-refractivity contribution in [3.05, 3.63) is 59.7 Å². The highest BCUT2D eigenvalue weighted by Gasteiger charge is 2.17. The summed E-state index contributed by atoms with van der Waals surface area (Å²) in [6.07, 6.45) is 0. The van der Waals surface area contributed by atoms with Gasteiger partial charge >= 0.3 is 5.97 Å². The van der Waals surface area contributed by atoms with E-state index in [2.05, 4.69) is 10.6 Å². The van der Waals surface area contributed by atoms with Gasteiger partial charge < -0.3 is 15.4 Å². The topological polar surface area (TPSA) is 84.5 Å². The van der Waals surface area contributed by atoms with Crippen molar-refractivity contribution in [3.8, 4) is 0 Å². The van der Waals surface area contributed by atoms with Gasteiger partial charge in [-0.1, -0.05) is 30.0 Å². The lowest BCUT2D eigenvalue weighted by Crippen LogP contribution is -2.23. The number of anilines is 1. The van der Waals surface area contributed by atoms with Gasteiger partial charge in [0.05, 0.1) is 5.56 Å². The highest BCUT2D eigenvalue weighted by Crippen LogP contribution is 2.28. The number of rotatable bonds is 8. The molecule has 0 fully saturated rings. The zero-order valence-electron chi connectivity index (χ0n) is 14.9. The Morgan fingerprint density at radius 3 is 2.57 bits per heavy atom. The van der Waals surface area contributed by atoms with Crippen molar-refractivity contribution >= 4 is 35.2 Å². The maximum absolute atomic E-state index is 12.6. The standard InChI is InChI=1S/C19H18F2N2O4S/c1-2-22-17(25)12-6-5-7-13(10-12)23-16(24)11-27-18(26)14-8-3-4-9-15(14)28-19(20)21/h3-10,19H,2,11H2,1H3,(H,22,25)(H,23,24). The van der Waals surface area contributed by atoms with Gasteiger partial charge in [0.1, 0.15) is 0 Å². The van der Waals surface area contributed by atoms with Crippen LogP contribution >= 0.6 is 11.8 Å². The molecule has 0 radical (unpaired) electrons. The molecule has 2 aromatic carbocycles. The lowest BCUT2D eigenvalue weighted by molar-refractivity contribution is -0.119. The Morgan fingerprint density at radius 1 is 1.11 bits per heavy atom. The molecule has 0 saturated heterocycles. The first-order chi connectivity index (χ1) is 13.4. The van der Waals surface area contributed by atoms with Gasteiger partial charge in [0, 0.05) is 22.7 Å². The Balaban J connectivity index is 1.95. The molecular formula is C19H18F2N2O4S. The van der Waals surface area contributed by atoms with Gasteiger partial charge in [0.2, 0.25) is 0 Å². The van der Waals surface area contributed by atoms with E-state index < -0.39 is 24.2 Å². The molecule has 9 heteroatoms. The van der Waals surface area contributed by atoms with Crippen molar-refractivity contribution in [2.24, 2.45) is 0 Å². The Bertz CT molecular complexity index is 861. The molecule has 0 spiro atoms. The van der Waals surface area contributed by atoms with Crippen molar-refractivity contribution in [1.29, 1.82) is 0 Å². The van der Waals surface area contributed by atoms with E-state index in [1.54, 1.807) is 25.1 Å². The van der Waals surface area contributed by atoms with Gasteiger partial charge in [0.15, 0.2) is 6.61 Å². The zero-order chi connectivity index (χ0) is 20.5. The Morgan fingerprint density at radius 2 is 1.86 bits per heavy atom. The number of esters is 1. The molecule has 0 bridgehead atoms. The van der Waals surface area contributed by atoms with Crippen molar-refractivity contribution in [3.63, 3.8) is 0 Å². The second-order valence-corrected chi connectivity index (χ2v) is 6.47. The second-order valence-electron chi connectivity index (χ2n) is 5.44. The predicted molar refractivity (Wildman–Crippen MR) is 102 cm³/mol. The maximum atomic E-state index is 12.6. The van der Waals surface area contributed by atoms with Crippen LogP contribution in [0.25, 0.3) is 0 Å². The van der Waals surface area contributed by atoms with E-state index in [1.807, 2.05) is 0 Å². The first-order valence-corrected chi connectivity index (χ1v) is 9.17. The van der Waals surface area contributed by atoms with Crippen LogP contribution in [0.5, 0.6) is 0 Å². The first-order valence-electron chi connectivity index (χ1n) is 8.29. The minimum atomic E-state index is -2.69. The monoisotopic (exact) mass is 408 g/mol. The van der Waals surface area contributed by atoms with Crippen LogP contribution in [-0.2, 0) is 9.53 Å². The molecule has 0 aliphatic heterocycles. The lowest BCUT2D eigenvalue weighted by atomic mass is 10.2. The molecule has 0 saturated carbocycles. The number of halogens is 2. The van der Waals surface area contributed by atoms with Crippen LogP contribution in [0.1, 0.15) is 27.6 Å². The third-order valence-corrected chi connectivity index (χ3v) is 4.19. The minimum absolute atomic E-state index is 0.0427. The number of hydrogen-bond donors (Lipinski definition) is 2. The summed E-state index contributed by atoms with van der Waals surface area (Å²) in [6, 6.07) is 12.0. The largest absolute Gasteiger partial charge is 0.452 e. The second kappa shape index (κ2) is 10.4. The van der Waals surface area contributed by atoms with E-state index in [-0.39, 0.29) is 28.1 Å². The first kappa shape index (κ1) is 21.4. The van der Waals surface area contributed by atoms with E-state index >= 15 is 0 Å². The van der Waals surface area contributed by atoms with Crippen molar-refractivity contribution in [1.82, 2.24) is 5.32 Å². The lowest BCUT2D eigenvalue weighted by Gasteiger charge is -2.10. The number of carbonyl (C=O) groups is 3. The molecule has 148 valence electrons. The maximum Gasteiger partial charge on any atom is 0.339 e. The summed E-state index contributed by atoms with van der Waals surface area (Å²) in [5.41, 5.74) is 0.687. The number of nitrogens with one attached hydrogen (secondary N) is 2. The third kappa shape index (κ3) is 6.34. The molecule has 0 aliphatic rings. The van der Waals surface area contributed by atoms with E-state index in [9.17, 15) is 23.2 Å². The summed E-state index contributed by atoms with van der Waals surface area (Å²) in [5.74, 6) is -4.47. The fourth-order valence-electron chi connectivity index (χ4n) is 2.24. The highest BCUT2D eigenvalue weighted by atomic mass is 32.2. The molecule has 0 aromatic heterocycles. The number of ether oxygens (including phenoxy) is 1. The van der Waals surface area contributed by atoms with Crippen LogP contribution in [0.3, 0.4) is 0 Å². The van der Waals surface area contributed by atoms with Crippen LogP contribution < -0.4 is 10.6 Å². The van der Waals surface area contributed by atoms with E-state index in [1.165, 1.54) is 30.3 Å². The fraction of sp³-hybridized carbons (Fsp3) is 0.211.